The number of esters is 2. The van der Waals surface area contributed by atoms with Crippen LogP contribution in [0.2, 0.25) is 0 Å². The van der Waals surface area contributed by atoms with Crippen LogP contribution in [0.3, 0.4) is 0 Å². The molecule has 0 bridgehead atoms. The van der Waals surface area contributed by atoms with Crippen molar-refractivity contribution in [1.82, 2.24) is 10.2 Å². The summed E-state index contributed by atoms with van der Waals surface area (Å²) in [5, 5.41) is 3.44. The maximum Gasteiger partial charge on any atom is 0.334 e. The van der Waals surface area contributed by atoms with Crippen molar-refractivity contribution in [2.24, 2.45) is 41.2 Å². The van der Waals surface area contributed by atoms with E-state index >= 15 is 0 Å². The Hall–Kier alpha value is -2.23. The Morgan fingerprint density at radius 2 is 2.00 bits per heavy atom. The molecule has 0 radical (unpaired) electrons. The van der Waals surface area contributed by atoms with Gasteiger partial charge < -0.3 is 30.2 Å². The summed E-state index contributed by atoms with van der Waals surface area (Å²) in [4.78, 5) is 40.9. The van der Waals surface area contributed by atoms with Crippen LogP contribution in [0.15, 0.2) is 23.8 Å². The third-order valence-corrected chi connectivity index (χ3v) is 12.0. The standard InChI is InChI=1S/C34H51N3O6/c1-5-20(3)32(40)43-33(4)11-7-8-26(25-14-29(35)36-17-24(25)13-30(38)37-18-21(6-2)19-37)34(33)16-23-12-22-9-10-31(39)41-27(22)15-28(23)42-34/h5,7-8,21-29,36H,6,9-19,35H2,1-4H3/t22?,23?,24?,25?,26-,27?,28?,29?,33-,34+/m1/s1. The molecule has 3 N–H and O–H groups in total. The van der Waals surface area contributed by atoms with E-state index in [4.69, 9.17) is 19.9 Å². The fourth-order valence-corrected chi connectivity index (χ4v) is 9.12. The highest BCUT2D eigenvalue weighted by Crippen LogP contribution is 2.59. The molecule has 9 heteroatoms. The third kappa shape index (κ3) is 5.59. The number of piperidine rings is 1. The highest BCUT2D eigenvalue weighted by molar-refractivity contribution is 5.88. The lowest BCUT2D eigenvalue weighted by Gasteiger charge is -2.55. The topological polar surface area (TPSA) is 120 Å². The van der Waals surface area contributed by atoms with Gasteiger partial charge in [-0.15, -0.1) is 0 Å². The van der Waals surface area contributed by atoms with Crippen LogP contribution < -0.4 is 11.1 Å². The summed E-state index contributed by atoms with van der Waals surface area (Å²) in [6.45, 7) is 10.2. The Morgan fingerprint density at radius 1 is 1.21 bits per heavy atom. The SMILES string of the molecule is CC=C(C)C(=O)O[C@]1(C)CC=C[C@H](C2CC(N)NCC2CC(=O)N2CC(CC)C2)[C@@]12CC1CC3CCC(=O)OC3CC1O2. The Bertz CT molecular complexity index is 1160. The maximum atomic E-state index is 13.4. The smallest absolute Gasteiger partial charge is 0.334 e. The maximum absolute atomic E-state index is 13.4. The zero-order valence-electron chi connectivity index (χ0n) is 26.4. The van der Waals surface area contributed by atoms with E-state index in [1.807, 2.05) is 18.7 Å². The molecule has 6 rings (SSSR count). The summed E-state index contributed by atoms with van der Waals surface area (Å²) in [7, 11) is 0. The van der Waals surface area contributed by atoms with Gasteiger partial charge in [-0.25, -0.2) is 4.79 Å². The molecule has 43 heavy (non-hydrogen) atoms. The second-order valence-electron chi connectivity index (χ2n) is 14.5. The number of nitrogens with one attached hydrogen (secondary N) is 1. The lowest BCUT2D eigenvalue weighted by molar-refractivity contribution is -0.227. The summed E-state index contributed by atoms with van der Waals surface area (Å²) in [5.41, 5.74) is 5.45. The van der Waals surface area contributed by atoms with Crippen molar-refractivity contribution in [2.45, 2.75) is 115 Å². The van der Waals surface area contributed by atoms with Crippen LogP contribution in [-0.4, -0.2) is 72.0 Å². The van der Waals surface area contributed by atoms with E-state index in [9.17, 15) is 14.4 Å². The molecular weight excluding hydrogens is 546 g/mol. The molecule has 10 atom stereocenters. The van der Waals surface area contributed by atoms with E-state index in [1.54, 1.807) is 13.0 Å². The van der Waals surface area contributed by atoms with Gasteiger partial charge in [-0.2, -0.15) is 0 Å². The number of hydrogen-bond donors (Lipinski definition) is 2. The normalized spacial score (nSPS) is 43.0. The Labute approximate surface area is 256 Å². The van der Waals surface area contributed by atoms with Crippen molar-refractivity contribution in [3.63, 3.8) is 0 Å². The Kier molecular flexibility index (Phi) is 8.54. The van der Waals surface area contributed by atoms with Gasteiger partial charge in [0.05, 0.1) is 12.3 Å². The minimum atomic E-state index is -0.900. The molecule has 1 spiro atoms. The first kappa shape index (κ1) is 30.8. The second kappa shape index (κ2) is 11.9. The van der Waals surface area contributed by atoms with Crippen molar-refractivity contribution in [2.75, 3.05) is 19.6 Å². The van der Waals surface area contributed by atoms with Gasteiger partial charge >= 0.3 is 11.9 Å². The highest BCUT2D eigenvalue weighted by Gasteiger charge is 2.66. The van der Waals surface area contributed by atoms with Crippen LogP contribution in [0, 0.1) is 35.5 Å². The first-order valence-electron chi connectivity index (χ1n) is 16.7. The monoisotopic (exact) mass is 597 g/mol. The van der Waals surface area contributed by atoms with Gasteiger partial charge in [0.1, 0.15) is 17.3 Å². The molecule has 0 aromatic carbocycles. The Morgan fingerprint density at radius 3 is 2.74 bits per heavy atom. The minimum Gasteiger partial charge on any atom is -0.462 e. The first-order valence-corrected chi connectivity index (χ1v) is 16.7. The molecule has 6 aliphatic rings. The summed E-state index contributed by atoms with van der Waals surface area (Å²) in [6, 6.07) is 0. The van der Waals surface area contributed by atoms with Crippen LogP contribution >= 0.6 is 0 Å². The van der Waals surface area contributed by atoms with E-state index in [2.05, 4.69) is 24.4 Å². The van der Waals surface area contributed by atoms with Crippen molar-refractivity contribution in [3.05, 3.63) is 23.8 Å². The number of carbonyl (C=O) groups excluding carboxylic acids is 3. The molecule has 4 aliphatic heterocycles. The van der Waals surface area contributed by atoms with Crippen molar-refractivity contribution in [1.29, 1.82) is 0 Å². The number of hydrogen-bond acceptors (Lipinski definition) is 8. The van der Waals surface area contributed by atoms with E-state index in [1.165, 1.54) is 0 Å². The second-order valence-corrected chi connectivity index (χ2v) is 14.5. The van der Waals surface area contributed by atoms with E-state index in [0.29, 0.717) is 56.1 Å². The van der Waals surface area contributed by atoms with Crippen molar-refractivity contribution in [3.8, 4) is 0 Å². The largest absolute Gasteiger partial charge is 0.462 e. The molecule has 9 nitrogen and oxygen atoms in total. The van der Waals surface area contributed by atoms with Crippen molar-refractivity contribution >= 4 is 17.8 Å². The number of allylic oxidation sites excluding steroid dienone is 1. The number of likely N-dealkylation sites (tertiary alicyclic amines) is 1. The van der Waals surface area contributed by atoms with Crippen molar-refractivity contribution < 1.29 is 28.6 Å². The molecule has 0 aromatic rings. The van der Waals surface area contributed by atoms with Crippen LogP contribution in [0.1, 0.15) is 85.5 Å². The van der Waals surface area contributed by atoms with Gasteiger partial charge in [0.2, 0.25) is 5.91 Å². The average molecular weight is 598 g/mol. The van der Waals surface area contributed by atoms with Gasteiger partial charge in [-0.05, 0) is 82.5 Å². The average Bonchev–Trinajstić information content (AvgIpc) is 3.32. The summed E-state index contributed by atoms with van der Waals surface area (Å²) >= 11 is 0. The number of nitrogens with zero attached hydrogens (tertiary/aromatic N) is 1. The first-order chi connectivity index (χ1) is 20.6. The summed E-state index contributed by atoms with van der Waals surface area (Å²) in [5.74, 6) is 1.11. The number of carbonyl (C=O) groups is 3. The molecule has 238 valence electrons. The van der Waals surface area contributed by atoms with E-state index in [-0.39, 0.29) is 59.9 Å². The molecule has 4 saturated heterocycles. The molecule has 1 saturated carbocycles. The third-order valence-electron chi connectivity index (χ3n) is 12.0. The number of amides is 1. The summed E-state index contributed by atoms with van der Waals surface area (Å²) in [6.07, 6.45) is 12.4. The fraction of sp³-hybridized carbons (Fsp3) is 0.794. The summed E-state index contributed by atoms with van der Waals surface area (Å²) < 4.78 is 19.6. The zero-order chi connectivity index (χ0) is 30.5. The van der Waals surface area contributed by atoms with Gasteiger partial charge in [-0.1, -0.05) is 25.2 Å². The quantitative estimate of drug-likeness (QED) is 0.269. The van der Waals surface area contributed by atoms with Crippen LogP contribution in [0.4, 0.5) is 0 Å². The van der Waals surface area contributed by atoms with E-state index in [0.717, 1.165) is 38.8 Å². The number of fused-ring (bicyclic) bond motifs is 2. The van der Waals surface area contributed by atoms with Gasteiger partial charge in [0.15, 0.2) is 0 Å². The lowest BCUT2D eigenvalue weighted by atomic mass is 9.58. The zero-order valence-corrected chi connectivity index (χ0v) is 26.4. The molecule has 1 amide bonds. The van der Waals surface area contributed by atoms with Crippen LogP contribution in [0.5, 0.6) is 0 Å². The predicted molar refractivity (Wildman–Crippen MR) is 161 cm³/mol. The molecule has 5 fully saturated rings. The Balaban J connectivity index is 1.32. The van der Waals surface area contributed by atoms with Gasteiger partial charge in [-0.3, -0.25) is 9.59 Å². The molecule has 7 unspecified atom stereocenters. The van der Waals surface area contributed by atoms with Gasteiger partial charge in [0, 0.05) is 56.8 Å². The number of ether oxygens (including phenoxy) is 3. The van der Waals surface area contributed by atoms with Gasteiger partial charge in [0.25, 0.3) is 0 Å². The molecular formula is C34H51N3O6. The van der Waals surface area contributed by atoms with E-state index < -0.39 is 11.2 Å². The lowest BCUT2D eigenvalue weighted by Crippen LogP contribution is -2.64. The minimum absolute atomic E-state index is 0.0779. The number of nitrogens with two attached hydrogens (primary N) is 1. The molecule has 2 aliphatic carbocycles. The molecule has 0 aromatic heterocycles. The predicted octanol–water partition coefficient (Wildman–Crippen LogP) is 3.86. The number of rotatable bonds is 6. The van der Waals surface area contributed by atoms with Crippen LogP contribution in [0.25, 0.3) is 0 Å². The molecule has 4 heterocycles. The highest BCUT2D eigenvalue weighted by atomic mass is 16.6. The fourth-order valence-electron chi connectivity index (χ4n) is 9.12. The van der Waals surface area contributed by atoms with Crippen LogP contribution in [-0.2, 0) is 28.6 Å².